The Kier molecular flexibility index (Phi) is 7.20. The summed E-state index contributed by atoms with van der Waals surface area (Å²) in [6.07, 6.45) is 0. The Bertz CT molecular complexity index is 3360. The fourth-order valence-corrected chi connectivity index (χ4v) is 9.14. The number of anilines is 3. The first-order valence-electron chi connectivity index (χ1n) is 19.8. The quantitative estimate of drug-likeness (QED) is 0.169. The van der Waals surface area contributed by atoms with Crippen molar-refractivity contribution in [1.29, 1.82) is 0 Å². The van der Waals surface area contributed by atoms with E-state index in [2.05, 4.69) is 220 Å². The third kappa shape index (κ3) is 4.95. The number of benzene rings is 9. The van der Waals surface area contributed by atoms with Gasteiger partial charge in [-0.1, -0.05) is 140 Å². The van der Waals surface area contributed by atoms with Crippen LogP contribution in [0.25, 0.3) is 77.2 Å². The van der Waals surface area contributed by atoms with Gasteiger partial charge in [0.2, 0.25) is 0 Å². The fourth-order valence-electron chi connectivity index (χ4n) is 9.14. The highest BCUT2D eigenvalue weighted by Gasteiger charge is 2.28. The summed E-state index contributed by atoms with van der Waals surface area (Å²) in [6.45, 7) is 0. The Hall–Kier alpha value is -7.82. The molecule has 1 aliphatic rings. The zero-order valence-corrected chi connectivity index (χ0v) is 31.5. The molecule has 0 N–H and O–H groups in total. The molecule has 0 unspecified atom stereocenters. The van der Waals surface area contributed by atoms with Crippen molar-refractivity contribution < 1.29 is 4.74 Å². The van der Waals surface area contributed by atoms with Crippen LogP contribution in [0.1, 0.15) is 0 Å². The SMILES string of the molecule is c1ccc(-c2ccc(N(c3cccc(-c4ccccc4)c3)c3cccc(-n4c5ccccc5c5c6c7ccccc7n7c6c(cc54)Oc4ccccc4-7)c3)cc2)cc1. The van der Waals surface area contributed by atoms with Crippen LogP contribution >= 0.6 is 0 Å². The van der Waals surface area contributed by atoms with Crippen molar-refractivity contribution in [2.75, 3.05) is 4.90 Å². The molecule has 0 saturated carbocycles. The molecule has 0 aliphatic carbocycles. The molecular formula is C54H35N3O. The van der Waals surface area contributed by atoms with Gasteiger partial charge in [-0.15, -0.1) is 0 Å². The fraction of sp³-hybridized carbons (Fsp3) is 0. The second-order valence-corrected chi connectivity index (χ2v) is 15.0. The van der Waals surface area contributed by atoms with Crippen molar-refractivity contribution >= 4 is 60.7 Å². The zero-order chi connectivity index (χ0) is 38.2. The van der Waals surface area contributed by atoms with Crippen molar-refractivity contribution in [3.05, 3.63) is 212 Å². The predicted octanol–water partition coefficient (Wildman–Crippen LogP) is 14.8. The molecule has 0 fully saturated rings. The van der Waals surface area contributed by atoms with E-state index in [0.29, 0.717) is 0 Å². The predicted molar refractivity (Wildman–Crippen MR) is 241 cm³/mol. The molecule has 3 heterocycles. The van der Waals surface area contributed by atoms with Crippen LogP contribution < -0.4 is 9.64 Å². The molecule has 0 atom stereocenters. The standard InChI is InChI=1S/C54H35N3O/c1-3-15-36(16-4-1)38-29-31-40(32-30-38)55(41-20-13-19-39(33-41)37-17-5-2-6-18-37)42-21-14-22-43(34-42)56-46-25-9-7-23-44(46)52-49(56)35-51-54-53(52)45-24-8-10-26-47(45)57(54)48-27-11-12-28-50(48)58-51/h1-35H. The maximum absolute atomic E-state index is 6.80. The van der Waals surface area contributed by atoms with Gasteiger partial charge in [0, 0.05) is 50.4 Å². The van der Waals surface area contributed by atoms with E-state index in [1.807, 2.05) is 6.07 Å². The Morgan fingerprint density at radius 3 is 1.67 bits per heavy atom. The molecule has 2 aromatic heterocycles. The monoisotopic (exact) mass is 741 g/mol. The van der Waals surface area contributed by atoms with E-state index >= 15 is 0 Å². The molecule has 4 heteroatoms. The highest BCUT2D eigenvalue weighted by molar-refractivity contribution is 6.30. The van der Waals surface area contributed by atoms with Crippen LogP contribution in [0, 0.1) is 0 Å². The third-order valence-electron chi connectivity index (χ3n) is 11.7. The molecule has 58 heavy (non-hydrogen) atoms. The Labute approximate surface area is 335 Å². The smallest absolute Gasteiger partial charge is 0.154 e. The number of fused-ring (bicyclic) bond motifs is 9. The van der Waals surface area contributed by atoms with Crippen molar-refractivity contribution in [3.63, 3.8) is 0 Å². The zero-order valence-electron chi connectivity index (χ0n) is 31.5. The van der Waals surface area contributed by atoms with Crippen LogP contribution in [0.15, 0.2) is 212 Å². The van der Waals surface area contributed by atoms with Gasteiger partial charge in [0.25, 0.3) is 0 Å². The van der Waals surface area contributed by atoms with Gasteiger partial charge in [-0.25, -0.2) is 0 Å². The van der Waals surface area contributed by atoms with Gasteiger partial charge >= 0.3 is 0 Å². The molecule has 0 spiro atoms. The number of para-hydroxylation sites is 4. The van der Waals surface area contributed by atoms with Crippen LogP contribution in [-0.2, 0) is 0 Å². The van der Waals surface area contributed by atoms with E-state index < -0.39 is 0 Å². The minimum absolute atomic E-state index is 0.855. The van der Waals surface area contributed by atoms with Crippen LogP contribution in [0.4, 0.5) is 17.1 Å². The highest BCUT2D eigenvalue weighted by Crippen LogP contribution is 2.51. The van der Waals surface area contributed by atoms with Crippen LogP contribution in [-0.4, -0.2) is 9.13 Å². The van der Waals surface area contributed by atoms with Gasteiger partial charge in [0.05, 0.1) is 27.8 Å². The summed E-state index contributed by atoms with van der Waals surface area (Å²) in [4.78, 5) is 2.37. The topological polar surface area (TPSA) is 22.3 Å². The number of nitrogens with zero attached hydrogens (tertiary/aromatic N) is 3. The summed E-state index contributed by atoms with van der Waals surface area (Å²) in [5.41, 5.74) is 14.6. The van der Waals surface area contributed by atoms with E-state index in [4.69, 9.17) is 4.74 Å². The first-order chi connectivity index (χ1) is 28.8. The van der Waals surface area contributed by atoms with E-state index in [1.165, 1.54) is 49.3 Å². The summed E-state index contributed by atoms with van der Waals surface area (Å²) in [5, 5.41) is 4.85. The minimum atomic E-state index is 0.855. The third-order valence-corrected chi connectivity index (χ3v) is 11.7. The van der Waals surface area contributed by atoms with Crippen molar-refractivity contribution in [1.82, 2.24) is 9.13 Å². The molecular weight excluding hydrogens is 707 g/mol. The van der Waals surface area contributed by atoms with Crippen LogP contribution in [0.2, 0.25) is 0 Å². The summed E-state index contributed by atoms with van der Waals surface area (Å²) in [6, 6.07) is 76.0. The molecule has 9 aromatic carbocycles. The Morgan fingerprint density at radius 1 is 0.345 bits per heavy atom. The lowest BCUT2D eigenvalue weighted by atomic mass is 10.0. The lowest BCUT2D eigenvalue weighted by Crippen LogP contribution is -2.10. The molecule has 12 rings (SSSR count). The minimum Gasteiger partial charge on any atom is -0.453 e. The average Bonchev–Trinajstić information content (AvgIpc) is 3.81. The van der Waals surface area contributed by atoms with E-state index in [9.17, 15) is 0 Å². The van der Waals surface area contributed by atoms with Gasteiger partial charge in [-0.05, 0) is 89.0 Å². The molecule has 272 valence electrons. The Morgan fingerprint density at radius 2 is 0.914 bits per heavy atom. The van der Waals surface area contributed by atoms with Crippen LogP contribution in [0.5, 0.6) is 11.5 Å². The maximum atomic E-state index is 6.80. The molecule has 4 nitrogen and oxygen atoms in total. The van der Waals surface area contributed by atoms with Gasteiger partial charge in [-0.2, -0.15) is 0 Å². The summed E-state index contributed by atoms with van der Waals surface area (Å²) < 4.78 is 11.6. The average molecular weight is 742 g/mol. The van der Waals surface area contributed by atoms with Gasteiger partial charge < -0.3 is 18.8 Å². The molecule has 11 aromatic rings. The lowest BCUT2D eigenvalue weighted by molar-refractivity contribution is 0.477. The largest absolute Gasteiger partial charge is 0.453 e. The summed E-state index contributed by atoms with van der Waals surface area (Å²) >= 11 is 0. The second kappa shape index (κ2) is 12.9. The summed E-state index contributed by atoms with van der Waals surface area (Å²) in [7, 11) is 0. The van der Waals surface area contributed by atoms with Crippen molar-refractivity contribution in [2.45, 2.75) is 0 Å². The highest BCUT2D eigenvalue weighted by atomic mass is 16.5. The Balaban J connectivity index is 1.09. The number of rotatable bonds is 6. The number of hydrogen-bond donors (Lipinski definition) is 0. The molecule has 0 saturated heterocycles. The molecule has 0 amide bonds. The van der Waals surface area contributed by atoms with E-state index in [1.54, 1.807) is 0 Å². The molecule has 1 aliphatic heterocycles. The number of ether oxygens (including phenoxy) is 1. The molecule has 0 radical (unpaired) electrons. The molecule has 0 bridgehead atoms. The maximum Gasteiger partial charge on any atom is 0.154 e. The van der Waals surface area contributed by atoms with Gasteiger partial charge in [0.15, 0.2) is 11.5 Å². The first kappa shape index (κ1) is 32.4. The number of aromatic nitrogens is 2. The van der Waals surface area contributed by atoms with Gasteiger partial charge in [0.1, 0.15) is 0 Å². The number of hydrogen-bond acceptors (Lipinski definition) is 2. The second-order valence-electron chi connectivity index (χ2n) is 15.0. The van der Waals surface area contributed by atoms with E-state index in [0.717, 1.165) is 56.5 Å². The van der Waals surface area contributed by atoms with Crippen LogP contribution in [0.3, 0.4) is 0 Å². The van der Waals surface area contributed by atoms with E-state index in [-0.39, 0.29) is 0 Å². The lowest BCUT2D eigenvalue weighted by Gasteiger charge is -2.27. The summed E-state index contributed by atoms with van der Waals surface area (Å²) in [5.74, 6) is 1.71. The normalized spacial score (nSPS) is 11.9. The van der Waals surface area contributed by atoms with Gasteiger partial charge in [-0.3, -0.25) is 0 Å². The van der Waals surface area contributed by atoms with Crippen molar-refractivity contribution in [3.8, 4) is 45.1 Å². The van der Waals surface area contributed by atoms with Crippen molar-refractivity contribution in [2.24, 2.45) is 0 Å². The first-order valence-corrected chi connectivity index (χ1v) is 19.8.